The Balaban J connectivity index is 1.40. The largest absolute Gasteiger partial charge is 0.454 e. The van der Waals surface area contributed by atoms with E-state index in [1.54, 1.807) is 6.07 Å². The molecule has 1 saturated heterocycles. The second kappa shape index (κ2) is 7.64. The number of carbonyl (C=O) groups excluding carboxylic acids is 1. The minimum absolute atomic E-state index is 0.167. The van der Waals surface area contributed by atoms with Gasteiger partial charge in [-0.15, -0.1) is 0 Å². The zero-order chi connectivity index (χ0) is 17.8. The second-order valence-electron chi connectivity index (χ2n) is 6.65. The van der Waals surface area contributed by atoms with Gasteiger partial charge in [-0.2, -0.15) is 0 Å². The number of nitrogens with zero attached hydrogens (tertiary/aromatic N) is 2. The number of nitrogens with one attached hydrogen (secondary N) is 1. The topological polar surface area (TPSA) is 63.7 Å². The highest BCUT2D eigenvalue weighted by Crippen LogP contribution is 2.32. The summed E-state index contributed by atoms with van der Waals surface area (Å²) in [5.74, 6) is 2.19. The first-order chi connectivity index (χ1) is 12.8. The van der Waals surface area contributed by atoms with Crippen molar-refractivity contribution in [3.8, 4) is 11.5 Å². The average molecular weight is 353 g/mol. The zero-order valence-corrected chi connectivity index (χ0v) is 14.7. The molecule has 0 bridgehead atoms. The monoisotopic (exact) mass is 353 g/mol. The van der Waals surface area contributed by atoms with Gasteiger partial charge < -0.3 is 19.7 Å². The lowest BCUT2D eigenvalue weighted by Gasteiger charge is -2.21. The van der Waals surface area contributed by atoms with Crippen LogP contribution < -0.4 is 19.7 Å². The summed E-state index contributed by atoms with van der Waals surface area (Å²) in [5, 5.41) is 2.93. The fourth-order valence-corrected chi connectivity index (χ4v) is 3.35. The molecule has 136 valence electrons. The van der Waals surface area contributed by atoms with Crippen LogP contribution in [0.3, 0.4) is 0 Å². The van der Waals surface area contributed by atoms with Crippen LogP contribution in [0.25, 0.3) is 0 Å². The van der Waals surface area contributed by atoms with Crippen molar-refractivity contribution >= 4 is 11.7 Å². The standard InChI is InChI=1S/C20H23N3O3/c24-20(21-13-15-8-9-17-18(12-15)26-14-25-17)16-6-5-7-19(22-16)23-10-3-1-2-4-11-23/h5-9,12H,1-4,10-11,13-14H2,(H,21,24). The average Bonchev–Trinajstić information content (AvgIpc) is 2.97. The number of benzene rings is 1. The molecule has 6 heteroatoms. The van der Waals surface area contributed by atoms with E-state index in [1.165, 1.54) is 25.7 Å². The Morgan fingerprint density at radius 1 is 1.04 bits per heavy atom. The summed E-state index contributed by atoms with van der Waals surface area (Å²) in [6.45, 7) is 2.69. The van der Waals surface area contributed by atoms with Crippen LogP contribution in [0.5, 0.6) is 11.5 Å². The number of anilines is 1. The predicted octanol–water partition coefficient (Wildman–Crippen LogP) is 3.12. The van der Waals surface area contributed by atoms with Crippen LogP contribution in [-0.4, -0.2) is 30.8 Å². The summed E-state index contributed by atoms with van der Waals surface area (Å²) < 4.78 is 10.7. The van der Waals surface area contributed by atoms with Gasteiger partial charge in [-0.1, -0.05) is 25.0 Å². The first kappa shape index (κ1) is 16.7. The molecule has 1 fully saturated rings. The normalized spacial score (nSPS) is 16.2. The van der Waals surface area contributed by atoms with E-state index in [0.717, 1.165) is 36.0 Å². The first-order valence-corrected chi connectivity index (χ1v) is 9.18. The van der Waals surface area contributed by atoms with Crippen molar-refractivity contribution in [1.82, 2.24) is 10.3 Å². The molecule has 1 amide bonds. The van der Waals surface area contributed by atoms with E-state index in [4.69, 9.17) is 9.47 Å². The molecule has 0 aliphatic carbocycles. The van der Waals surface area contributed by atoms with Gasteiger partial charge in [-0.3, -0.25) is 4.79 Å². The minimum atomic E-state index is -0.167. The van der Waals surface area contributed by atoms with Gasteiger partial charge in [-0.25, -0.2) is 4.98 Å². The highest BCUT2D eigenvalue weighted by Gasteiger charge is 2.15. The summed E-state index contributed by atoms with van der Waals surface area (Å²) in [6.07, 6.45) is 4.91. The molecule has 4 rings (SSSR count). The van der Waals surface area contributed by atoms with Crippen molar-refractivity contribution in [2.24, 2.45) is 0 Å². The highest BCUT2D eigenvalue weighted by atomic mass is 16.7. The van der Waals surface area contributed by atoms with E-state index in [1.807, 2.05) is 30.3 Å². The molecule has 1 aromatic heterocycles. The van der Waals surface area contributed by atoms with Gasteiger partial charge in [0.1, 0.15) is 11.5 Å². The van der Waals surface area contributed by atoms with E-state index in [9.17, 15) is 4.79 Å². The van der Waals surface area contributed by atoms with Crippen molar-refractivity contribution in [1.29, 1.82) is 0 Å². The van der Waals surface area contributed by atoms with Crippen LogP contribution in [0.1, 0.15) is 41.7 Å². The predicted molar refractivity (Wildman–Crippen MR) is 98.7 cm³/mol. The third-order valence-corrected chi connectivity index (χ3v) is 4.79. The van der Waals surface area contributed by atoms with Crippen LogP contribution in [0, 0.1) is 0 Å². The third kappa shape index (κ3) is 3.74. The van der Waals surface area contributed by atoms with Crippen molar-refractivity contribution in [3.05, 3.63) is 47.7 Å². The molecule has 1 aromatic carbocycles. The molecule has 6 nitrogen and oxygen atoms in total. The molecule has 0 saturated carbocycles. The van der Waals surface area contributed by atoms with Crippen molar-refractivity contribution < 1.29 is 14.3 Å². The second-order valence-corrected chi connectivity index (χ2v) is 6.65. The number of hydrogen-bond donors (Lipinski definition) is 1. The molecule has 0 atom stereocenters. The van der Waals surface area contributed by atoms with Gasteiger partial charge in [0.25, 0.3) is 5.91 Å². The Bertz CT molecular complexity index is 786. The molecule has 0 radical (unpaired) electrons. The van der Waals surface area contributed by atoms with Crippen LogP contribution in [-0.2, 0) is 6.54 Å². The van der Waals surface area contributed by atoms with Gasteiger partial charge in [0.15, 0.2) is 11.5 Å². The first-order valence-electron chi connectivity index (χ1n) is 9.18. The zero-order valence-electron chi connectivity index (χ0n) is 14.7. The smallest absolute Gasteiger partial charge is 0.270 e. The van der Waals surface area contributed by atoms with Gasteiger partial charge in [-0.05, 0) is 42.7 Å². The molecule has 26 heavy (non-hydrogen) atoms. The van der Waals surface area contributed by atoms with E-state index in [0.29, 0.717) is 12.2 Å². The van der Waals surface area contributed by atoms with E-state index in [-0.39, 0.29) is 12.7 Å². The number of pyridine rings is 1. The fraction of sp³-hybridized carbons (Fsp3) is 0.400. The summed E-state index contributed by atoms with van der Waals surface area (Å²) in [5.41, 5.74) is 1.42. The quantitative estimate of drug-likeness (QED) is 0.915. The van der Waals surface area contributed by atoms with Gasteiger partial charge in [0.2, 0.25) is 6.79 Å². The lowest BCUT2D eigenvalue weighted by atomic mass is 10.2. The Kier molecular flexibility index (Phi) is 4.91. The Labute approximate surface area is 153 Å². The maximum absolute atomic E-state index is 12.5. The lowest BCUT2D eigenvalue weighted by Crippen LogP contribution is -2.27. The molecule has 1 N–H and O–H groups in total. The minimum Gasteiger partial charge on any atom is -0.454 e. The van der Waals surface area contributed by atoms with E-state index in [2.05, 4.69) is 15.2 Å². The lowest BCUT2D eigenvalue weighted by molar-refractivity contribution is 0.0946. The van der Waals surface area contributed by atoms with E-state index < -0.39 is 0 Å². The highest BCUT2D eigenvalue weighted by molar-refractivity contribution is 5.92. The Morgan fingerprint density at radius 3 is 2.69 bits per heavy atom. The third-order valence-electron chi connectivity index (χ3n) is 4.79. The molecular weight excluding hydrogens is 330 g/mol. The Morgan fingerprint density at radius 2 is 1.85 bits per heavy atom. The van der Waals surface area contributed by atoms with Crippen molar-refractivity contribution in [3.63, 3.8) is 0 Å². The summed E-state index contributed by atoms with van der Waals surface area (Å²) in [4.78, 5) is 19.4. The molecule has 0 unspecified atom stereocenters. The molecule has 2 aliphatic rings. The number of fused-ring (bicyclic) bond motifs is 1. The van der Waals surface area contributed by atoms with Crippen LogP contribution in [0.4, 0.5) is 5.82 Å². The number of ether oxygens (including phenoxy) is 2. The molecule has 0 spiro atoms. The van der Waals surface area contributed by atoms with Gasteiger partial charge in [0, 0.05) is 19.6 Å². The van der Waals surface area contributed by atoms with E-state index >= 15 is 0 Å². The van der Waals surface area contributed by atoms with Crippen LogP contribution in [0.15, 0.2) is 36.4 Å². The SMILES string of the molecule is O=C(NCc1ccc2c(c1)OCO2)c1cccc(N2CCCCCC2)n1. The van der Waals surface area contributed by atoms with Crippen molar-refractivity contribution in [2.45, 2.75) is 32.2 Å². The number of carbonyl (C=O) groups is 1. The van der Waals surface area contributed by atoms with Gasteiger partial charge in [0.05, 0.1) is 0 Å². The summed E-state index contributed by atoms with van der Waals surface area (Å²) >= 11 is 0. The molecule has 3 heterocycles. The number of rotatable bonds is 4. The van der Waals surface area contributed by atoms with Crippen LogP contribution >= 0.6 is 0 Å². The van der Waals surface area contributed by atoms with Crippen LogP contribution in [0.2, 0.25) is 0 Å². The maximum atomic E-state index is 12.5. The molecule has 2 aromatic rings. The Hall–Kier alpha value is -2.76. The fourth-order valence-electron chi connectivity index (χ4n) is 3.35. The van der Waals surface area contributed by atoms with Crippen molar-refractivity contribution in [2.75, 3.05) is 24.8 Å². The van der Waals surface area contributed by atoms with Gasteiger partial charge >= 0.3 is 0 Å². The summed E-state index contributed by atoms with van der Waals surface area (Å²) in [6, 6.07) is 11.3. The molecular formula is C20H23N3O3. The maximum Gasteiger partial charge on any atom is 0.270 e. The summed E-state index contributed by atoms with van der Waals surface area (Å²) in [7, 11) is 0. The number of aromatic nitrogens is 1. The number of amides is 1. The number of hydrogen-bond acceptors (Lipinski definition) is 5. The molecule has 2 aliphatic heterocycles.